The third kappa shape index (κ3) is 5.90. The molecule has 0 aromatic rings. The van der Waals surface area contributed by atoms with E-state index in [0.29, 0.717) is 56.9 Å². The molecule has 0 radical (unpaired) electrons. The molecule has 42 heavy (non-hydrogen) atoms. The van der Waals surface area contributed by atoms with Gasteiger partial charge in [-0.15, -0.1) is 0 Å². The summed E-state index contributed by atoms with van der Waals surface area (Å²) in [5, 5.41) is 67.4. The summed E-state index contributed by atoms with van der Waals surface area (Å²) in [6.45, 7) is 7.57. The van der Waals surface area contributed by atoms with Crippen LogP contribution in [-0.2, 0) is 14.3 Å². The van der Waals surface area contributed by atoms with Crippen LogP contribution in [0.1, 0.15) is 98.3 Å². The van der Waals surface area contributed by atoms with Crippen molar-refractivity contribution in [2.75, 3.05) is 11.9 Å². The van der Waals surface area contributed by atoms with E-state index >= 15 is 0 Å². The molecule has 240 valence electrons. The Morgan fingerprint density at radius 1 is 1.10 bits per heavy atom. The van der Waals surface area contributed by atoms with E-state index in [1.54, 1.807) is 19.9 Å². The number of allylic oxidation sites excluding steroid dienone is 1. The van der Waals surface area contributed by atoms with Crippen LogP contribution in [0.15, 0.2) is 11.6 Å². The van der Waals surface area contributed by atoms with Crippen LogP contribution in [0.4, 0.5) is 0 Å². The molecular weight excluding hydrogens is 608 g/mol. The fourth-order valence-corrected chi connectivity index (χ4v) is 9.40. The molecule has 6 unspecified atom stereocenters. The highest BCUT2D eigenvalue weighted by atomic mass is 79.9. The molecule has 3 fully saturated rings. The molecule has 9 nitrogen and oxygen atoms in total. The number of alkyl halides is 1. The molecule has 4 aliphatic carbocycles. The lowest BCUT2D eigenvalue weighted by Gasteiger charge is -2.60. The molecule has 0 amide bonds. The van der Waals surface area contributed by atoms with E-state index in [-0.39, 0.29) is 48.9 Å². The van der Waals surface area contributed by atoms with Crippen molar-refractivity contribution in [2.24, 2.45) is 28.6 Å². The van der Waals surface area contributed by atoms with Crippen LogP contribution in [-0.4, -0.2) is 89.4 Å². The van der Waals surface area contributed by atoms with E-state index in [1.807, 2.05) is 13.8 Å². The second-order valence-electron chi connectivity index (χ2n) is 14.7. The molecule has 0 bridgehead atoms. The lowest BCUT2D eigenvalue weighted by Crippen LogP contribution is -2.62. The number of ketones is 1. The number of aliphatic hydroxyl groups is 6. The summed E-state index contributed by atoms with van der Waals surface area (Å²) in [7, 11) is 0. The minimum atomic E-state index is -1.54. The average molecular weight is 660 g/mol. The van der Waals surface area contributed by atoms with E-state index in [9.17, 15) is 40.2 Å². The van der Waals surface area contributed by atoms with Crippen molar-refractivity contribution in [3.05, 3.63) is 11.6 Å². The lowest BCUT2D eigenvalue weighted by molar-refractivity contribution is -0.177. The molecule has 4 rings (SSSR count). The normalized spacial score (nSPS) is 41.5. The maximum absolute atomic E-state index is 13.4. The van der Waals surface area contributed by atoms with Crippen LogP contribution in [0, 0.1) is 28.6 Å². The van der Waals surface area contributed by atoms with Crippen molar-refractivity contribution in [3.8, 4) is 0 Å². The van der Waals surface area contributed by atoms with Gasteiger partial charge in [-0.05, 0) is 113 Å². The Balaban J connectivity index is 1.44. The van der Waals surface area contributed by atoms with Gasteiger partial charge >= 0.3 is 5.97 Å². The van der Waals surface area contributed by atoms with Gasteiger partial charge in [0.2, 0.25) is 0 Å². The smallest absolute Gasteiger partial charge is 0.316 e. The molecule has 0 aromatic heterocycles. The predicted octanol–water partition coefficient (Wildman–Crippen LogP) is 2.94. The highest BCUT2D eigenvalue weighted by molar-refractivity contribution is 9.09. The molecule has 0 saturated heterocycles. The Kier molecular flexibility index (Phi) is 9.83. The van der Waals surface area contributed by atoms with Gasteiger partial charge in [-0.1, -0.05) is 29.8 Å². The van der Waals surface area contributed by atoms with Crippen molar-refractivity contribution in [1.82, 2.24) is 0 Å². The van der Waals surface area contributed by atoms with Crippen molar-refractivity contribution >= 4 is 27.7 Å². The van der Waals surface area contributed by atoms with Crippen LogP contribution in [0.25, 0.3) is 0 Å². The number of hydrogen-bond donors (Lipinski definition) is 6. The molecule has 6 N–H and O–H groups in total. The van der Waals surface area contributed by atoms with E-state index in [0.717, 1.165) is 0 Å². The van der Waals surface area contributed by atoms with E-state index < -0.39 is 57.8 Å². The third-order valence-corrected chi connectivity index (χ3v) is 12.4. The minimum Gasteiger partial charge on any atom is -0.465 e. The first kappa shape index (κ1) is 34.0. The fourth-order valence-electron chi connectivity index (χ4n) is 9.24. The number of ether oxygens (including phenoxy) is 1. The SMILES string of the molecule is CC(O)(CCCCOC(=O)CBr)CCC(O)[C@](C)(O)[C@H]1CCC2(O)C3=CC(=O)C4CC(O)C(O)C[C@]4(C)[C@H]3CC[C@]12C. The maximum atomic E-state index is 13.4. The molecule has 0 spiro atoms. The Labute approximate surface area is 257 Å². The fraction of sp³-hybridized carbons (Fsp3) is 0.875. The summed E-state index contributed by atoms with van der Waals surface area (Å²) in [6.07, 6.45) is 3.38. The quantitative estimate of drug-likeness (QED) is 0.111. The van der Waals surface area contributed by atoms with Crippen LogP contribution >= 0.6 is 15.9 Å². The van der Waals surface area contributed by atoms with Crippen molar-refractivity contribution in [2.45, 2.75) is 133 Å². The van der Waals surface area contributed by atoms with Gasteiger partial charge in [0.1, 0.15) is 5.33 Å². The van der Waals surface area contributed by atoms with Crippen molar-refractivity contribution in [1.29, 1.82) is 0 Å². The Hall–Kier alpha value is -0.880. The van der Waals surface area contributed by atoms with E-state index in [4.69, 9.17) is 4.74 Å². The number of aliphatic hydroxyl groups excluding tert-OH is 3. The first-order valence-corrected chi connectivity index (χ1v) is 16.7. The van der Waals surface area contributed by atoms with Crippen LogP contribution in [0.5, 0.6) is 0 Å². The van der Waals surface area contributed by atoms with Crippen LogP contribution in [0.2, 0.25) is 0 Å². The van der Waals surface area contributed by atoms with E-state index in [1.165, 1.54) is 0 Å². The molecular formula is C32H51BrO9. The number of fused-ring (bicyclic) bond motifs is 5. The number of hydrogen-bond acceptors (Lipinski definition) is 9. The highest BCUT2D eigenvalue weighted by Crippen LogP contribution is 2.68. The topological polar surface area (TPSA) is 165 Å². The Morgan fingerprint density at radius 3 is 2.45 bits per heavy atom. The number of carbonyl (C=O) groups excluding carboxylic acids is 2. The predicted molar refractivity (Wildman–Crippen MR) is 160 cm³/mol. The van der Waals surface area contributed by atoms with E-state index in [2.05, 4.69) is 15.9 Å². The number of halogens is 1. The second-order valence-corrected chi connectivity index (χ2v) is 15.2. The van der Waals surface area contributed by atoms with Crippen molar-refractivity contribution < 1.29 is 45.0 Å². The van der Waals surface area contributed by atoms with Gasteiger partial charge in [0, 0.05) is 11.3 Å². The molecule has 4 aliphatic rings. The average Bonchev–Trinajstić information content (AvgIpc) is 3.20. The van der Waals surface area contributed by atoms with Crippen LogP contribution < -0.4 is 0 Å². The van der Waals surface area contributed by atoms with Gasteiger partial charge in [0.25, 0.3) is 0 Å². The zero-order valence-corrected chi connectivity index (χ0v) is 27.1. The molecule has 10 heteroatoms. The Morgan fingerprint density at radius 2 is 1.79 bits per heavy atom. The third-order valence-electron chi connectivity index (χ3n) is 11.9. The summed E-state index contributed by atoms with van der Waals surface area (Å²) >= 11 is 3.05. The minimum absolute atomic E-state index is 0.118. The number of carbonyl (C=O) groups is 2. The zero-order valence-electron chi connectivity index (χ0n) is 25.5. The summed E-state index contributed by atoms with van der Waals surface area (Å²) in [4.78, 5) is 24.6. The van der Waals surface area contributed by atoms with Gasteiger partial charge in [0.05, 0.1) is 41.7 Å². The summed E-state index contributed by atoms with van der Waals surface area (Å²) in [5.74, 6) is -1.42. The monoisotopic (exact) mass is 658 g/mol. The van der Waals surface area contributed by atoms with Gasteiger partial charge in [0.15, 0.2) is 5.78 Å². The molecule has 0 aliphatic heterocycles. The first-order valence-electron chi connectivity index (χ1n) is 15.6. The second kappa shape index (κ2) is 12.1. The first-order chi connectivity index (χ1) is 19.4. The zero-order chi connectivity index (χ0) is 31.3. The number of esters is 1. The molecule has 0 aromatic carbocycles. The van der Waals surface area contributed by atoms with Gasteiger partial charge in [-0.25, -0.2) is 0 Å². The van der Waals surface area contributed by atoms with Gasteiger partial charge in [-0.2, -0.15) is 0 Å². The lowest BCUT2D eigenvalue weighted by atomic mass is 9.45. The number of rotatable bonds is 11. The summed E-state index contributed by atoms with van der Waals surface area (Å²) < 4.78 is 5.04. The van der Waals surface area contributed by atoms with Gasteiger partial charge < -0.3 is 35.4 Å². The Bertz CT molecular complexity index is 1060. The summed E-state index contributed by atoms with van der Waals surface area (Å²) in [6, 6.07) is 0. The standard InChI is InChI=1S/C32H51BrO9/c1-28(39,10-5-6-14-42-27(38)18-33)11-9-26(37)31(4,40)25-8-13-32(41)20-15-22(34)21-16-23(35)24(36)17-29(21,2)19(20)7-12-30(25,32)3/h15,19,21,23-26,35-37,39-41H,5-14,16-18H2,1-4H3/t19-,21?,23?,24?,25-,26?,28?,29+,30+,31+,32?/m0/s1. The van der Waals surface area contributed by atoms with Crippen molar-refractivity contribution in [3.63, 3.8) is 0 Å². The molecule has 0 heterocycles. The highest BCUT2D eigenvalue weighted by Gasteiger charge is 2.69. The largest absolute Gasteiger partial charge is 0.465 e. The molecule has 3 saturated carbocycles. The summed E-state index contributed by atoms with van der Waals surface area (Å²) in [5.41, 5.74) is -4.61. The number of unbranched alkanes of at least 4 members (excludes halogenated alkanes) is 1. The maximum Gasteiger partial charge on any atom is 0.316 e. The van der Waals surface area contributed by atoms with Gasteiger partial charge in [-0.3, -0.25) is 9.59 Å². The van der Waals surface area contributed by atoms with Crippen LogP contribution in [0.3, 0.4) is 0 Å². The molecule has 11 atom stereocenters.